The summed E-state index contributed by atoms with van der Waals surface area (Å²) in [6, 6.07) is 3.73. The molecule has 2 saturated carbocycles. The van der Waals surface area contributed by atoms with Crippen LogP contribution in [0.3, 0.4) is 0 Å². The van der Waals surface area contributed by atoms with Crippen LogP contribution in [-0.2, 0) is 13.6 Å². The first-order chi connectivity index (χ1) is 9.70. The molecule has 0 spiro atoms. The predicted molar refractivity (Wildman–Crippen MR) is 79.4 cm³/mol. The number of nitrogens with zero attached hydrogens (tertiary/aromatic N) is 3. The highest BCUT2D eigenvalue weighted by atomic mass is 15.3. The highest BCUT2D eigenvalue weighted by molar-refractivity contribution is 5.10. The molecule has 4 heteroatoms. The van der Waals surface area contributed by atoms with Gasteiger partial charge in [-0.1, -0.05) is 0 Å². The van der Waals surface area contributed by atoms with Gasteiger partial charge < -0.3 is 5.32 Å². The van der Waals surface area contributed by atoms with Crippen molar-refractivity contribution in [1.82, 2.24) is 20.0 Å². The molecule has 110 valence electrons. The molecule has 1 aromatic heterocycles. The third-order valence-corrected chi connectivity index (χ3v) is 5.31. The average Bonchev–Trinajstić information content (AvgIpc) is 3.30. The fraction of sp³-hybridized carbons (Fsp3) is 0.812. The Morgan fingerprint density at radius 2 is 2.00 bits per heavy atom. The van der Waals surface area contributed by atoms with Gasteiger partial charge >= 0.3 is 0 Å². The minimum atomic E-state index is 0.735. The van der Waals surface area contributed by atoms with Gasteiger partial charge in [-0.2, -0.15) is 5.10 Å². The van der Waals surface area contributed by atoms with Crippen LogP contribution in [0, 0.1) is 18.8 Å². The lowest BCUT2D eigenvalue weighted by Crippen LogP contribution is -2.57. The van der Waals surface area contributed by atoms with Crippen LogP contribution in [0.15, 0.2) is 6.07 Å². The second-order valence-electron chi connectivity index (χ2n) is 7.09. The molecule has 2 aliphatic carbocycles. The molecule has 0 bridgehead atoms. The SMILES string of the molecule is Cc1cc(CN2CC(C3CC3)NCC2C2CC2)n(C)n1. The van der Waals surface area contributed by atoms with Crippen molar-refractivity contribution in [2.24, 2.45) is 18.9 Å². The molecular weight excluding hydrogens is 248 g/mol. The van der Waals surface area contributed by atoms with Crippen LogP contribution in [0.4, 0.5) is 0 Å². The second-order valence-corrected chi connectivity index (χ2v) is 7.09. The molecular formula is C16H26N4. The first-order valence-electron chi connectivity index (χ1n) is 8.17. The van der Waals surface area contributed by atoms with Crippen LogP contribution in [0.2, 0.25) is 0 Å². The summed E-state index contributed by atoms with van der Waals surface area (Å²) in [7, 11) is 2.08. The molecule has 1 saturated heterocycles. The molecule has 2 unspecified atom stereocenters. The van der Waals surface area contributed by atoms with Crippen molar-refractivity contribution >= 4 is 0 Å². The van der Waals surface area contributed by atoms with Crippen LogP contribution in [0.1, 0.15) is 37.1 Å². The van der Waals surface area contributed by atoms with Gasteiger partial charge in [-0.05, 0) is 50.5 Å². The highest BCUT2D eigenvalue weighted by Gasteiger charge is 2.42. The number of hydrogen-bond acceptors (Lipinski definition) is 3. The fourth-order valence-electron chi connectivity index (χ4n) is 3.82. The van der Waals surface area contributed by atoms with E-state index in [-0.39, 0.29) is 0 Å². The van der Waals surface area contributed by atoms with Gasteiger partial charge in [0.2, 0.25) is 0 Å². The lowest BCUT2D eigenvalue weighted by atomic mass is 10.0. The van der Waals surface area contributed by atoms with E-state index in [1.807, 2.05) is 0 Å². The molecule has 20 heavy (non-hydrogen) atoms. The van der Waals surface area contributed by atoms with Crippen molar-refractivity contribution in [2.45, 2.75) is 51.2 Å². The van der Waals surface area contributed by atoms with Crippen molar-refractivity contribution in [2.75, 3.05) is 13.1 Å². The van der Waals surface area contributed by atoms with E-state index in [4.69, 9.17) is 0 Å². The van der Waals surface area contributed by atoms with Crippen molar-refractivity contribution in [3.63, 3.8) is 0 Å². The van der Waals surface area contributed by atoms with E-state index < -0.39 is 0 Å². The fourth-order valence-corrected chi connectivity index (χ4v) is 3.82. The first kappa shape index (κ1) is 12.8. The van der Waals surface area contributed by atoms with Gasteiger partial charge in [-0.25, -0.2) is 0 Å². The Labute approximate surface area is 121 Å². The highest BCUT2D eigenvalue weighted by Crippen LogP contribution is 2.40. The van der Waals surface area contributed by atoms with Crippen LogP contribution in [0.25, 0.3) is 0 Å². The minimum Gasteiger partial charge on any atom is -0.311 e. The standard InChI is InChI=1S/C16H26N4/c1-11-7-14(19(2)18-11)9-20-10-15(12-3-4-12)17-8-16(20)13-5-6-13/h7,12-13,15-17H,3-6,8-10H2,1-2H3. The maximum atomic E-state index is 4.50. The van der Waals surface area contributed by atoms with E-state index in [0.717, 1.165) is 36.2 Å². The van der Waals surface area contributed by atoms with Gasteiger partial charge in [0.25, 0.3) is 0 Å². The Balaban J connectivity index is 1.50. The van der Waals surface area contributed by atoms with Crippen LogP contribution >= 0.6 is 0 Å². The molecule has 3 fully saturated rings. The summed E-state index contributed by atoms with van der Waals surface area (Å²) in [5.74, 6) is 1.89. The summed E-state index contributed by atoms with van der Waals surface area (Å²) in [6.07, 6.45) is 5.73. The van der Waals surface area contributed by atoms with Crippen molar-refractivity contribution in [3.8, 4) is 0 Å². The summed E-state index contributed by atoms with van der Waals surface area (Å²) in [5.41, 5.74) is 2.50. The average molecular weight is 274 g/mol. The molecule has 2 heterocycles. The lowest BCUT2D eigenvalue weighted by Gasteiger charge is -2.41. The largest absolute Gasteiger partial charge is 0.311 e. The van der Waals surface area contributed by atoms with Gasteiger partial charge in [-0.3, -0.25) is 9.58 Å². The summed E-state index contributed by atoms with van der Waals surface area (Å²) >= 11 is 0. The Morgan fingerprint density at radius 1 is 1.25 bits per heavy atom. The topological polar surface area (TPSA) is 33.1 Å². The summed E-state index contributed by atoms with van der Waals surface area (Å²) < 4.78 is 2.06. The van der Waals surface area contributed by atoms with Crippen LogP contribution in [-0.4, -0.2) is 39.9 Å². The van der Waals surface area contributed by atoms with Crippen molar-refractivity contribution in [1.29, 1.82) is 0 Å². The minimum absolute atomic E-state index is 0.735. The zero-order valence-corrected chi connectivity index (χ0v) is 12.7. The molecule has 3 aliphatic rings. The van der Waals surface area contributed by atoms with E-state index in [2.05, 4.69) is 40.0 Å². The number of aromatic nitrogens is 2. The van der Waals surface area contributed by atoms with Crippen molar-refractivity contribution < 1.29 is 0 Å². The number of piperazine rings is 1. The first-order valence-corrected chi connectivity index (χ1v) is 8.17. The predicted octanol–water partition coefficient (Wildman–Crippen LogP) is 1.69. The molecule has 4 rings (SSSR count). The Hall–Kier alpha value is -0.870. The molecule has 0 aromatic carbocycles. The molecule has 1 aliphatic heterocycles. The molecule has 1 N–H and O–H groups in total. The molecule has 4 nitrogen and oxygen atoms in total. The van der Waals surface area contributed by atoms with E-state index in [9.17, 15) is 0 Å². The lowest BCUT2D eigenvalue weighted by molar-refractivity contribution is 0.0978. The molecule has 0 amide bonds. The third-order valence-electron chi connectivity index (χ3n) is 5.31. The van der Waals surface area contributed by atoms with Crippen LogP contribution in [0.5, 0.6) is 0 Å². The monoisotopic (exact) mass is 274 g/mol. The summed E-state index contributed by atoms with van der Waals surface area (Å²) in [4.78, 5) is 2.74. The number of hydrogen-bond donors (Lipinski definition) is 1. The van der Waals surface area contributed by atoms with Gasteiger partial charge in [0.05, 0.1) is 11.4 Å². The zero-order chi connectivity index (χ0) is 13.7. The van der Waals surface area contributed by atoms with Crippen molar-refractivity contribution in [3.05, 3.63) is 17.5 Å². The summed E-state index contributed by atoms with van der Waals surface area (Å²) in [5, 5.41) is 8.33. The maximum Gasteiger partial charge on any atom is 0.0597 e. The van der Waals surface area contributed by atoms with E-state index in [1.54, 1.807) is 0 Å². The van der Waals surface area contributed by atoms with Gasteiger partial charge in [0.1, 0.15) is 0 Å². The molecule has 2 atom stereocenters. The maximum absolute atomic E-state index is 4.50. The Morgan fingerprint density at radius 3 is 2.60 bits per heavy atom. The number of rotatable bonds is 4. The molecule has 0 radical (unpaired) electrons. The van der Waals surface area contributed by atoms with Gasteiger partial charge in [-0.15, -0.1) is 0 Å². The van der Waals surface area contributed by atoms with Gasteiger partial charge in [0.15, 0.2) is 0 Å². The Kier molecular flexibility index (Phi) is 3.11. The van der Waals surface area contributed by atoms with E-state index >= 15 is 0 Å². The summed E-state index contributed by atoms with van der Waals surface area (Å²) in [6.45, 7) is 5.59. The van der Waals surface area contributed by atoms with Gasteiger partial charge in [0, 0.05) is 38.8 Å². The normalized spacial score (nSPS) is 31.7. The van der Waals surface area contributed by atoms with E-state index in [1.165, 1.54) is 44.5 Å². The smallest absolute Gasteiger partial charge is 0.0597 e. The number of aryl methyl sites for hydroxylation is 2. The third kappa shape index (κ3) is 2.51. The molecule has 1 aromatic rings. The van der Waals surface area contributed by atoms with E-state index in [0.29, 0.717) is 0 Å². The van der Waals surface area contributed by atoms with Crippen LogP contribution < -0.4 is 5.32 Å². The number of nitrogens with one attached hydrogen (secondary N) is 1. The zero-order valence-electron chi connectivity index (χ0n) is 12.7. The Bertz CT molecular complexity index is 487. The quantitative estimate of drug-likeness (QED) is 0.907. The second kappa shape index (κ2) is 4.85.